The van der Waals surface area contributed by atoms with E-state index >= 15 is 0 Å². The lowest BCUT2D eigenvalue weighted by Crippen LogP contribution is -2.55. The number of fused-ring (bicyclic) bond motifs is 1. The Balaban J connectivity index is 1.34. The van der Waals surface area contributed by atoms with E-state index in [1.807, 2.05) is 93.6 Å². The molecule has 46 heavy (non-hydrogen) atoms. The molecule has 1 saturated heterocycles. The molecule has 9 nitrogen and oxygen atoms in total. The SMILES string of the molecule is CCC(CC)C(=O)N1CCC[C@H]1C(=O)N[C@H](Cc1ccc2ccccc2c1)C(=O)NC[C@@H](O)CNC[C@@H](C)OCc1ccccc1. The van der Waals surface area contributed by atoms with Crippen molar-refractivity contribution in [2.45, 2.75) is 83.8 Å². The summed E-state index contributed by atoms with van der Waals surface area (Å²) in [5.74, 6) is -0.798. The smallest absolute Gasteiger partial charge is 0.243 e. The second-order valence-electron chi connectivity index (χ2n) is 12.3. The van der Waals surface area contributed by atoms with E-state index in [0.29, 0.717) is 26.1 Å². The van der Waals surface area contributed by atoms with Crippen LogP contribution in [0.25, 0.3) is 10.8 Å². The van der Waals surface area contributed by atoms with E-state index in [-0.39, 0.29) is 49.3 Å². The maximum atomic E-state index is 13.6. The number of amides is 3. The van der Waals surface area contributed by atoms with Gasteiger partial charge in [-0.15, -0.1) is 0 Å². The molecule has 1 aliphatic heterocycles. The molecule has 0 spiro atoms. The minimum Gasteiger partial charge on any atom is -0.390 e. The van der Waals surface area contributed by atoms with Crippen molar-refractivity contribution >= 4 is 28.5 Å². The van der Waals surface area contributed by atoms with Gasteiger partial charge in [0.2, 0.25) is 17.7 Å². The summed E-state index contributed by atoms with van der Waals surface area (Å²) in [5, 5.41) is 21.7. The molecule has 0 saturated carbocycles. The van der Waals surface area contributed by atoms with E-state index in [4.69, 9.17) is 4.74 Å². The van der Waals surface area contributed by atoms with E-state index in [9.17, 15) is 19.5 Å². The first-order valence-electron chi connectivity index (χ1n) is 16.7. The monoisotopic (exact) mass is 630 g/mol. The van der Waals surface area contributed by atoms with E-state index in [2.05, 4.69) is 16.0 Å². The molecule has 4 N–H and O–H groups in total. The minimum atomic E-state index is -0.870. The fourth-order valence-corrected chi connectivity index (χ4v) is 5.99. The van der Waals surface area contributed by atoms with Gasteiger partial charge < -0.3 is 30.7 Å². The summed E-state index contributed by atoms with van der Waals surface area (Å²) < 4.78 is 5.87. The van der Waals surface area contributed by atoms with Crippen LogP contribution in [-0.4, -0.2) is 78.2 Å². The minimum absolute atomic E-state index is 0.00795. The number of likely N-dealkylation sites (tertiary alicyclic amines) is 1. The maximum Gasteiger partial charge on any atom is 0.243 e. The zero-order valence-electron chi connectivity index (χ0n) is 27.4. The molecule has 9 heteroatoms. The van der Waals surface area contributed by atoms with Crippen LogP contribution in [0, 0.1) is 5.92 Å². The Morgan fingerprint density at radius 3 is 2.37 bits per heavy atom. The number of carbonyl (C=O) groups excluding carboxylic acids is 3. The highest BCUT2D eigenvalue weighted by Gasteiger charge is 2.37. The van der Waals surface area contributed by atoms with E-state index < -0.39 is 18.2 Å². The Hall–Kier alpha value is -3.79. The molecule has 3 aromatic carbocycles. The fourth-order valence-electron chi connectivity index (χ4n) is 5.99. The highest BCUT2D eigenvalue weighted by Crippen LogP contribution is 2.23. The van der Waals surface area contributed by atoms with Gasteiger partial charge in [0, 0.05) is 38.5 Å². The number of aliphatic hydroxyl groups excluding tert-OH is 1. The van der Waals surface area contributed by atoms with Crippen molar-refractivity contribution in [1.29, 1.82) is 0 Å². The lowest BCUT2D eigenvalue weighted by Gasteiger charge is -2.29. The van der Waals surface area contributed by atoms with Crippen molar-refractivity contribution in [3.05, 3.63) is 83.9 Å². The van der Waals surface area contributed by atoms with Crippen LogP contribution in [-0.2, 0) is 32.1 Å². The molecule has 0 radical (unpaired) electrons. The number of benzene rings is 3. The zero-order valence-corrected chi connectivity index (χ0v) is 27.4. The van der Waals surface area contributed by atoms with Crippen molar-refractivity contribution in [2.75, 3.05) is 26.2 Å². The molecule has 0 unspecified atom stereocenters. The number of ether oxygens (including phenoxy) is 1. The Morgan fingerprint density at radius 2 is 1.63 bits per heavy atom. The molecule has 0 aromatic heterocycles. The van der Waals surface area contributed by atoms with Gasteiger partial charge in [-0.3, -0.25) is 14.4 Å². The number of hydrogen-bond acceptors (Lipinski definition) is 6. The zero-order chi connectivity index (χ0) is 32.9. The third-order valence-corrected chi connectivity index (χ3v) is 8.76. The Bertz CT molecular complexity index is 1410. The van der Waals surface area contributed by atoms with Gasteiger partial charge in [-0.1, -0.05) is 86.6 Å². The summed E-state index contributed by atoms with van der Waals surface area (Å²) in [4.78, 5) is 42.0. The molecular weight excluding hydrogens is 580 g/mol. The number of hydrogen-bond donors (Lipinski definition) is 4. The van der Waals surface area contributed by atoms with Crippen molar-refractivity contribution in [3.63, 3.8) is 0 Å². The van der Waals surface area contributed by atoms with Gasteiger partial charge >= 0.3 is 0 Å². The number of carbonyl (C=O) groups is 3. The molecular formula is C37H50N4O5. The Kier molecular flexibility index (Phi) is 13.6. The van der Waals surface area contributed by atoms with Gasteiger partial charge in [0.05, 0.1) is 18.8 Å². The second-order valence-corrected chi connectivity index (χ2v) is 12.3. The molecule has 1 heterocycles. The predicted octanol–water partition coefficient (Wildman–Crippen LogP) is 3.97. The van der Waals surface area contributed by atoms with Crippen LogP contribution in [0.1, 0.15) is 57.6 Å². The summed E-state index contributed by atoms with van der Waals surface area (Å²) in [6, 6.07) is 22.5. The summed E-state index contributed by atoms with van der Waals surface area (Å²) in [6.07, 6.45) is 2.16. The molecule has 248 valence electrons. The van der Waals surface area contributed by atoms with Crippen LogP contribution < -0.4 is 16.0 Å². The molecule has 0 bridgehead atoms. The largest absolute Gasteiger partial charge is 0.390 e. The van der Waals surface area contributed by atoms with Crippen LogP contribution in [0.2, 0.25) is 0 Å². The highest BCUT2D eigenvalue weighted by molar-refractivity contribution is 5.93. The molecule has 4 atom stereocenters. The van der Waals surface area contributed by atoms with Crippen LogP contribution in [0.4, 0.5) is 0 Å². The summed E-state index contributed by atoms with van der Waals surface area (Å²) in [6.45, 7) is 7.85. The van der Waals surface area contributed by atoms with Gasteiger partial charge in [0.1, 0.15) is 12.1 Å². The van der Waals surface area contributed by atoms with Crippen molar-refractivity contribution < 1.29 is 24.2 Å². The maximum absolute atomic E-state index is 13.6. The number of aliphatic hydroxyl groups is 1. The number of nitrogens with zero attached hydrogens (tertiary/aromatic N) is 1. The molecule has 1 fully saturated rings. The summed E-state index contributed by atoms with van der Waals surface area (Å²) in [7, 11) is 0. The van der Waals surface area contributed by atoms with Crippen LogP contribution in [0.15, 0.2) is 72.8 Å². The Labute approximate surface area is 273 Å². The van der Waals surface area contributed by atoms with Gasteiger partial charge in [0.15, 0.2) is 0 Å². The van der Waals surface area contributed by atoms with Gasteiger partial charge in [-0.2, -0.15) is 0 Å². The number of rotatable bonds is 17. The summed E-state index contributed by atoms with van der Waals surface area (Å²) in [5.41, 5.74) is 2.00. The van der Waals surface area contributed by atoms with E-state index in [0.717, 1.165) is 41.2 Å². The standard InChI is InChI=1S/C37H50N4O5/c1-4-29(5-2)37(45)41-19-11-16-34(41)36(44)40-33(21-28-17-18-30-14-9-10-15-31(30)20-28)35(43)39-24-32(42)23-38-22-26(3)46-25-27-12-7-6-8-13-27/h6-10,12-15,17-18,20,26,29,32-34,38,42H,4-5,11,16,19,21-25H2,1-3H3,(H,39,43)(H,40,44)/t26-,32+,33-,34+/m1/s1. The van der Waals surface area contributed by atoms with Crippen molar-refractivity contribution in [1.82, 2.24) is 20.9 Å². The first-order valence-corrected chi connectivity index (χ1v) is 16.7. The van der Waals surface area contributed by atoms with Crippen LogP contribution in [0.5, 0.6) is 0 Å². The predicted molar refractivity (Wildman–Crippen MR) is 181 cm³/mol. The number of nitrogens with one attached hydrogen (secondary N) is 3. The van der Waals surface area contributed by atoms with Gasteiger partial charge in [-0.25, -0.2) is 0 Å². The average Bonchev–Trinajstić information content (AvgIpc) is 3.57. The molecule has 3 amide bonds. The van der Waals surface area contributed by atoms with E-state index in [1.165, 1.54) is 0 Å². The molecule has 3 aromatic rings. The quantitative estimate of drug-likeness (QED) is 0.179. The molecule has 1 aliphatic rings. The third kappa shape index (κ3) is 10.1. The van der Waals surface area contributed by atoms with Gasteiger partial charge in [0.25, 0.3) is 0 Å². The van der Waals surface area contributed by atoms with Crippen molar-refractivity contribution in [2.24, 2.45) is 5.92 Å². The fraction of sp³-hybridized carbons (Fsp3) is 0.486. The van der Waals surface area contributed by atoms with Crippen molar-refractivity contribution in [3.8, 4) is 0 Å². The molecule has 0 aliphatic carbocycles. The second kappa shape index (κ2) is 17.8. The lowest BCUT2D eigenvalue weighted by molar-refractivity contribution is -0.142. The van der Waals surface area contributed by atoms with E-state index in [1.54, 1.807) is 4.90 Å². The lowest BCUT2D eigenvalue weighted by atomic mass is 10.00. The first-order chi connectivity index (χ1) is 22.3. The molecule has 4 rings (SSSR count). The van der Waals surface area contributed by atoms with Gasteiger partial charge in [-0.05, 0) is 54.5 Å². The third-order valence-electron chi connectivity index (χ3n) is 8.76. The average molecular weight is 631 g/mol. The van der Waals surface area contributed by atoms with Crippen LogP contribution in [0.3, 0.4) is 0 Å². The topological polar surface area (TPSA) is 120 Å². The van der Waals surface area contributed by atoms with Crippen LogP contribution >= 0.6 is 0 Å². The normalized spacial score (nSPS) is 16.7. The summed E-state index contributed by atoms with van der Waals surface area (Å²) >= 11 is 0. The Morgan fingerprint density at radius 1 is 0.913 bits per heavy atom. The highest BCUT2D eigenvalue weighted by atomic mass is 16.5. The first kappa shape index (κ1) is 35.1.